The quantitative estimate of drug-likeness (QED) is 0.752. The van der Waals surface area contributed by atoms with E-state index in [-0.39, 0.29) is 5.91 Å². The van der Waals surface area contributed by atoms with Gasteiger partial charge < -0.3 is 9.64 Å². The zero-order chi connectivity index (χ0) is 17.2. The Kier molecular flexibility index (Phi) is 4.57. The Morgan fingerprint density at radius 1 is 1.16 bits per heavy atom. The third-order valence-electron chi connectivity index (χ3n) is 4.08. The van der Waals surface area contributed by atoms with E-state index in [9.17, 15) is 4.79 Å². The highest BCUT2D eigenvalue weighted by Crippen LogP contribution is 2.30. The summed E-state index contributed by atoms with van der Waals surface area (Å²) in [6.07, 6.45) is 0. The summed E-state index contributed by atoms with van der Waals surface area (Å²) in [6.45, 7) is 3.29. The van der Waals surface area contributed by atoms with E-state index >= 15 is 0 Å². The topological polar surface area (TPSA) is 54.5 Å². The van der Waals surface area contributed by atoms with Crippen molar-refractivity contribution in [3.8, 4) is 0 Å². The van der Waals surface area contributed by atoms with E-state index in [1.54, 1.807) is 24.3 Å². The van der Waals surface area contributed by atoms with E-state index in [1.165, 1.54) is 11.3 Å². The van der Waals surface area contributed by atoms with Crippen molar-refractivity contribution in [1.29, 1.82) is 0 Å². The summed E-state index contributed by atoms with van der Waals surface area (Å²) in [5.41, 5.74) is 2.60. The second-order valence-corrected chi connectivity index (χ2v) is 7.20. The number of rotatable bonds is 3. The van der Waals surface area contributed by atoms with Crippen LogP contribution in [0.3, 0.4) is 0 Å². The maximum Gasteiger partial charge on any atom is 0.257 e. The molecule has 1 aliphatic rings. The molecule has 2 heterocycles. The maximum atomic E-state index is 12.3. The van der Waals surface area contributed by atoms with Crippen LogP contribution in [0.1, 0.15) is 10.4 Å². The van der Waals surface area contributed by atoms with Crippen LogP contribution in [0, 0.1) is 0 Å². The van der Waals surface area contributed by atoms with Gasteiger partial charge in [0, 0.05) is 29.4 Å². The number of fused-ring (bicyclic) bond motifs is 1. The standard InChI is InChI=1S/C18H16ClN3O2S/c19-13-3-1-12(2-4-13)17(23)21-18-20-15-6-5-14(11-16(15)25-18)22-7-9-24-10-8-22/h1-6,11H,7-10H2,(H,20,21,23). The molecule has 0 atom stereocenters. The van der Waals surface area contributed by atoms with E-state index in [0.29, 0.717) is 15.7 Å². The van der Waals surface area contributed by atoms with Gasteiger partial charge in [-0.2, -0.15) is 0 Å². The zero-order valence-electron chi connectivity index (χ0n) is 13.4. The van der Waals surface area contributed by atoms with Crippen molar-refractivity contribution >= 4 is 49.9 Å². The number of hydrogen-bond donors (Lipinski definition) is 1. The molecule has 0 saturated carbocycles. The van der Waals surface area contributed by atoms with Crippen LogP contribution >= 0.6 is 22.9 Å². The Labute approximate surface area is 154 Å². The SMILES string of the molecule is O=C(Nc1nc2ccc(N3CCOCC3)cc2s1)c1ccc(Cl)cc1. The Bertz CT molecular complexity index is 904. The van der Waals surface area contributed by atoms with Gasteiger partial charge in [-0.25, -0.2) is 4.98 Å². The van der Waals surface area contributed by atoms with Crippen LogP contribution in [0.15, 0.2) is 42.5 Å². The monoisotopic (exact) mass is 373 g/mol. The molecule has 0 unspecified atom stereocenters. The number of halogens is 1. The van der Waals surface area contributed by atoms with Crippen LogP contribution in [-0.2, 0) is 4.74 Å². The average molecular weight is 374 g/mol. The van der Waals surface area contributed by atoms with Crippen LogP contribution in [-0.4, -0.2) is 37.2 Å². The van der Waals surface area contributed by atoms with Crippen molar-refractivity contribution < 1.29 is 9.53 Å². The van der Waals surface area contributed by atoms with Crippen molar-refractivity contribution in [2.24, 2.45) is 0 Å². The normalized spacial score (nSPS) is 14.7. The average Bonchev–Trinajstić information content (AvgIpc) is 3.04. The summed E-state index contributed by atoms with van der Waals surface area (Å²) >= 11 is 7.33. The number of ether oxygens (including phenoxy) is 1. The molecule has 1 fully saturated rings. The molecular formula is C18H16ClN3O2S. The highest BCUT2D eigenvalue weighted by atomic mass is 35.5. The van der Waals surface area contributed by atoms with Gasteiger partial charge in [-0.1, -0.05) is 22.9 Å². The minimum absolute atomic E-state index is 0.191. The molecule has 3 aromatic rings. The number of morpholine rings is 1. The van der Waals surface area contributed by atoms with Gasteiger partial charge in [-0.15, -0.1) is 0 Å². The highest BCUT2D eigenvalue weighted by molar-refractivity contribution is 7.22. The number of nitrogens with zero attached hydrogens (tertiary/aromatic N) is 2. The smallest absolute Gasteiger partial charge is 0.257 e. The van der Waals surface area contributed by atoms with Crippen molar-refractivity contribution in [1.82, 2.24) is 4.98 Å². The minimum atomic E-state index is -0.191. The maximum absolute atomic E-state index is 12.3. The summed E-state index contributed by atoms with van der Waals surface area (Å²) in [4.78, 5) is 19.1. The fraction of sp³-hybridized carbons (Fsp3) is 0.222. The first kappa shape index (κ1) is 16.3. The van der Waals surface area contributed by atoms with Crippen LogP contribution in [0.2, 0.25) is 5.02 Å². The third-order valence-corrected chi connectivity index (χ3v) is 5.26. The van der Waals surface area contributed by atoms with Gasteiger partial charge in [0.15, 0.2) is 5.13 Å². The molecule has 1 saturated heterocycles. The zero-order valence-corrected chi connectivity index (χ0v) is 14.9. The Morgan fingerprint density at radius 3 is 2.68 bits per heavy atom. The molecule has 0 radical (unpaired) electrons. The number of carbonyl (C=O) groups is 1. The molecule has 1 aromatic heterocycles. The molecule has 5 nitrogen and oxygen atoms in total. The van der Waals surface area contributed by atoms with Gasteiger partial charge in [0.1, 0.15) is 0 Å². The summed E-state index contributed by atoms with van der Waals surface area (Å²) in [6, 6.07) is 13.0. The minimum Gasteiger partial charge on any atom is -0.378 e. The molecule has 25 heavy (non-hydrogen) atoms. The molecule has 1 amide bonds. The van der Waals surface area contributed by atoms with Crippen molar-refractivity contribution in [2.75, 3.05) is 36.5 Å². The predicted molar refractivity (Wildman–Crippen MR) is 102 cm³/mol. The van der Waals surface area contributed by atoms with Crippen LogP contribution in [0.4, 0.5) is 10.8 Å². The molecule has 1 aliphatic heterocycles. The summed E-state index contributed by atoms with van der Waals surface area (Å²) in [5.74, 6) is -0.191. The number of anilines is 2. The van der Waals surface area contributed by atoms with E-state index in [4.69, 9.17) is 16.3 Å². The summed E-state index contributed by atoms with van der Waals surface area (Å²) < 4.78 is 6.45. The van der Waals surface area contributed by atoms with Gasteiger partial charge in [-0.05, 0) is 42.5 Å². The predicted octanol–water partition coefficient (Wildman–Crippen LogP) is 4.04. The lowest BCUT2D eigenvalue weighted by molar-refractivity contribution is 0.102. The molecule has 2 aromatic carbocycles. The van der Waals surface area contributed by atoms with Crippen molar-refractivity contribution in [3.63, 3.8) is 0 Å². The fourth-order valence-electron chi connectivity index (χ4n) is 2.76. The molecule has 4 rings (SSSR count). The lowest BCUT2D eigenvalue weighted by atomic mass is 10.2. The summed E-state index contributed by atoms with van der Waals surface area (Å²) in [7, 11) is 0. The highest BCUT2D eigenvalue weighted by Gasteiger charge is 2.14. The molecule has 0 spiro atoms. The largest absolute Gasteiger partial charge is 0.378 e. The van der Waals surface area contributed by atoms with Gasteiger partial charge in [0.2, 0.25) is 0 Å². The molecule has 7 heteroatoms. The van der Waals surface area contributed by atoms with E-state index in [2.05, 4.69) is 27.3 Å². The number of aromatic nitrogens is 1. The second-order valence-electron chi connectivity index (χ2n) is 5.73. The van der Waals surface area contributed by atoms with Crippen molar-refractivity contribution in [2.45, 2.75) is 0 Å². The number of amides is 1. The number of carbonyl (C=O) groups excluding carboxylic acids is 1. The lowest BCUT2D eigenvalue weighted by Crippen LogP contribution is -2.36. The van der Waals surface area contributed by atoms with Gasteiger partial charge in [0.05, 0.1) is 23.4 Å². The third kappa shape index (κ3) is 3.61. The van der Waals surface area contributed by atoms with Crippen molar-refractivity contribution in [3.05, 3.63) is 53.1 Å². The number of hydrogen-bond acceptors (Lipinski definition) is 5. The van der Waals surface area contributed by atoms with Crippen LogP contribution < -0.4 is 10.2 Å². The lowest BCUT2D eigenvalue weighted by Gasteiger charge is -2.28. The summed E-state index contributed by atoms with van der Waals surface area (Å²) in [5, 5.41) is 4.05. The number of nitrogens with one attached hydrogen (secondary N) is 1. The first-order valence-electron chi connectivity index (χ1n) is 7.99. The Balaban J connectivity index is 1.54. The van der Waals surface area contributed by atoms with Gasteiger partial charge in [-0.3, -0.25) is 10.1 Å². The molecular weight excluding hydrogens is 358 g/mol. The first-order chi connectivity index (χ1) is 12.2. The van der Waals surface area contributed by atoms with Crippen LogP contribution in [0.25, 0.3) is 10.2 Å². The van der Waals surface area contributed by atoms with E-state index < -0.39 is 0 Å². The molecule has 128 valence electrons. The van der Waals surface area contributed by atoms with Crippen LogP contribution in [0.5, 0.6) is 0 Å². The number of thiazole rings is 1. The second kappa shape index (κ2) is 7.00. The van der Waals surface area contributed by atoms with E-state index in [1.807, 2.05) is 6.07 Å². The van der Waals surface area contributed by atoms with Gasteiger partial charge >= 0.3 is 0 Å². The molecule has 1 N–H and O–H groups in total. The Morgan fingerprint density at radius 2 is 1.92 bits per heavy atom. The molecule has 0 aliphatic carbocycles. The first-order valence-corrected chi connectivity index (χ1v) is 9.19. The van der Waals surface area contributed by atoms with Gasteiger partial charge in [0.25, 0.3) is 5.91 Å². The van der Waals surface area contributed by atoms with E-state index in [0.717, 1.165) is 42.2 Å². The Hall–Kier alpha value is -2.15. The number of benzene rings is 2. The molecule has 0 bridgehead atoms. The fourth-order valence-corrected chi connectivity index (χ4v) is 3.78.